The molecule has 0 aromatic heterocycles. The Labute approximate surface area is 205 Å². The largest absolute Gasteiger partial charge is 0.480 e. The average molecular weight is 515 g/mol. The lowest BCUT2D eigenvalue weighted by atomic mass is 9.89. The molecule has 1 aliphatic rings. The molecule has 35 heavy (non-hydrogen) atoms. The van der Waals surface area contributed by atoms with Gasteiger partial charge in [-0.25, -0.2) is 4.79 Å². The summed E-state index contributed by atoms with van der Waals surface area (Å²) in [4.78, 5) is 37.4. The fourth-order valence-corrected chi connectivity index (χ4v) is 4.28. The molecule has 0 bridgehead atoms. The molecule has 3 rings (SSSR count). The topological polar surface area (TPSA) is 105 Å². The highest BCUT2D eigenvalue weighted by atomic mass is 35.5. The molecular weight excluding hydrogens is 489 g/mol. The van der Waals surface area contributed by atoms with E-state index in [1.165, 1.54) is 19.1 Å². The number of carboxylic acid groups (broad SMARTS) is 1. The summed E-state index contributed by atoms with van der Waals surface area (Å²) in [6.45, 7) is 3.70. The summed E-state index contributed by atoms with van der Waals surface area (Å²) < 4.78 is 46.4. The normalized spacial score (nSPS) is 17.4. The van der Waals surface area contributed by atoms with Gasteiger partial charge in [0.2, 0.25) is 0 Å². The van der Waals surface area contributed by atoms with Crippen LogP contribution in [0.15, 0.2) is 30.3 Å². The average Bonchev–Trinajstić information content (AvgIpc) is 2.82. The predicted octanol–water partition coefficient (Wildman–Crippen LogP) is 4.35. The summed E-state index contributed by atoms with van der Waals surface area (Å²) >= 11 is 6.36. The number of amides is 1. The summed E-state index contributed by atoms with van der Waals surface area (Å²) in [5.74, 6) is -5.23. The highest BCUT2D eigenvalue weighted by molar-refractivity contribution is 6.36. The number of alkyl halides is 3. The van der Waals surface area contributed by atoms with E-state index in [1.54, 1.807) is 25.1 Å². The number of halogens is 4. The molecule has 1 aliphatic heterocycles. The van der Waals surface area contributed by atoms with Crippen LogP contribution >= 0.6 is 11.6 Å². The summed E-state index contributed by atoms with van der Waals surface area (Å²) in [7, 11) is 0. The number of fused-ring (bicyclic) bond motifs is 1. The minimum Gasteiger partial charge on any atom is -0.480 e. The van der Waals surface area contributed by atoms with E-state index < -0.39 is 41.4 Å². The first-order valence-corrected chi connectivity index (χ1v) is 11.5. The van der Waals surface area contributed by atoms with Gasteiger partial charge in [0, 0.05) is 21.7 Å². The van der Waals surface area contributed by atoms with Crippen molar-refractivity contribution in [2.45, 2.75) is 50.9 Å². The number of ether oxygens (including phenoxy) is 1. The molecule has 1 saturated heterocycles. The van der Waals surface area contributed by atoms with Crippen LogP contribution in [0.1, 0.15) is 43.5 Å². The van der Waals surface area contributed by atoms with Gasteiger partial charge in [-0.3, -0.25) is 9.59 Å². The Morgan fingerprint density at radius 1 is 1.20 bits per heavy atom. The van der Waals surface area contributed by atoms with Crippen LogP contribution in [-0.2, 0) is 9.59 Å². The summed E-state index contributed by atoms with van der Waals surface area (Å²) in [6, 6.07) is 7.57. The van der Waals surface area contributed by atoms with E-state index >= 15 is 0 Å². The number of carbonyl (C=O) groups is 3. The third-order valence-electron chi connectivity index (χ3n) is 6.35. The summed E-state index contributed by atoms with van der Waals surface area (Å²) in [5, 5.41) is 15.7. The van der Waals surface area contributed by atoms with Gasteiger partial charge in [-0.05, 0) is 45.3 Å². The van der Waals surface area contributed by atoms with E-state index in [0.717, 1.165) is 0 Å². The van der Waals surface area contributed by atoms with Crippen molar-refractivity contribution in [3.8, 4) is 5.75 Å². The van der Waals surface area contributed by atoms with Crippen molar-refractivity contribution in [1.82, 2.24) is 10.6 Å². The lowest BCUT2D eigenvalue weighted by Crippen LogP contribution is -2.52. The fraction of sp³-hybridized carbons (Fsp3) is 0.458. The number of ketones is 1. The van der Waals surface area contributed by atoms with Crippen LogP contribution in [0.25, 0.3) is 10.8 Å². The molecule has 1 heterocycles. The van der Waals surface area contributed by atoms with Crippen molar-refractivity contribution in [3.63, 3.8) is 0 Å². The molecule has 2 aromatic rings. The highest BCUT2D eigenvalue weighted by Crippen LogP contribution is 2.38. The molecular formula is C24H26ClF3N2O5. The summed E-state index contributed by atoms with van der Waals surface area (Å²) in [5.41, 5.74) is -1.91. The zero-order valence-corrected chi connectivity index (χ0v) is 19.9. The smallest absolute Gasteiger partial charge is 0.453 e. The minimum atomic E-state index is -5.15. The van der Waals surface area contributed by atoms with Gasteiger partial charge in [-0.2, -0.15) is 13.2 Å². The number of nitrogens with one attached hydrogen (secondary N) is 2. The van der Waals surface area contributed by atoms with Crippen molar-refractivity contribution in [2.75, 3.05) is 13.1 Å². The van der Waals surface area contributed by atoms with E-state index in [9.17, 15) is 32.7 Å². The summed E-state index contributed by atoms with van der Waals surface area (Å²) in [6.07, 6.45) is -6.45. The Morgan fingerprint density at radius 3 is 2.34 bits per heavy atom. The van der Waals surface area contributed by atoms with E-state index in [0.29, 0.717) is 18.5 Å². The maximum Gasteiger partial charge on any atom is 0.453 e. The molecule has 0 saturated carbocycles. The van der Waals surface area contributed by atoms with Crippen LogP contribution in [0.5, 0.6) is 5.75 Å². The number of hydrogen-bond donors (Lipinski definition) is 3. The third kappa shape index (κ3) is 5.70. The quantitative estimate of drug-likeness (QED) is 0.483. The van der Waals surface area contributed by atoms with Crippen molar-refractivity contribution >= 4 is 40.0 Å². The zero-order valence-electron chi connectivity index (χ0n) is 19.2. The van der Waals surface area contributed by atoms with E-state index in [2.05, 4.69) is 10.6 Å². The lowest BCUT2D eigenvalue weighted by Gasteiger charge is -2.32. The second kappa shape index (κ2) is 10.4. The van der Waals surface area contributed by atoms with Gasteiger partial charge >= 0.3 is 12.1 Å². The zero-order chi connectivity index (χ0) is 26.0. The number of aliphatic carboxylic acids is 1. The first-order valence-electron chi connectivity index (χ1n) is 11.1. The number of carboxylic acids is 1. The van der Waals surface area contributed by atoms with Gasteiger partial charge in [0.1, 0.15) is 11.3 Å². The molecule has 1 amide bonds. The molecule has 0 spiro atoms. The van der Waals surface area contributed by atoms with Crippen LogP contribution in [0.3, 0.4) is 0 Å². The van der Waals surface area contributed by atoms with Gasteiger partial charge in [0.25, 0.3) is 11.7 Å². The maximum atomic E-state index is 13.5. The van der Waals surface area contributed by atoms with Crippen molar-refractivity contribution < 1.29 is 37.4 Å². The molecule has 3 N–H and O–H groups in total. The highest BCUT2D eigenvalue weighted by Gasteiger charge is 2.48. The van der Waals surface area contributed by atoms with Crippen molar-refractivity contribution in [3.05, 3.63) is 40.9 Å². The molecule has 0 aliphatic carbocycles. The first kappa shape index (κ1) is 26.7. The number of hydrogen-bond acceptors (Lipinski definition) is 5. The van der Waals surface area contributed by atoms with Crippen LogP contribution < -0.4 is 15.4 Å². The Morgan fingerprint density at radius 2 is 1.80 bits per heavy atom. The first-order chi connectivity index (χ1) is 16.4. The Hall–Kier alpha value is -2.85. The van der Waals surface area contributed by atoms with Crippen LogP contribution in [0.4, 0.5) is 13.2 Å². The Bertz CT molecular complexity index is 1130. The minimum absolute atomic E-state index is 0.0375. The Kier molecular flexibility index (Phi) is 7.96. The molecule has 11 heteroatoms. The Balaban J connectivity index is 2.16. The molecule has 2 unspecified atom stereocenters. The molecule has 1 fully saturated rings. The van der Waals surface area contributed by atoms with Crippen molar-refractivity contribution in [2.24, 2.45) is 5.92 Å². The monoisotopic (exact) mass is 514 g/mol. The lowest BCUT2D eigenvalue weighted by molar-refractivity contribution is -0.181. The van der Waals surface area contributed by atoms with E-state index in [-0.39, 0.29) is 41.0 Å². The molecule has 0 radical (unpaired) electrons. The number of rotatable bonds is 8. The predicted molar refractivity (Wildman–Crippen MR) is 124 cm³/mol. The number of carbonyl (C=O) groups excluding carboxylic acids is 2. The van der Waals surface area contributed by atoms with Crippen molar-refractivity contribution in [1.29, 1.82) is 0 Å². The standard InChI is InChI=1S/C24H26ClF3N2O5/c1-3-23(2,22(33)34)30-21(32)16-12-17(25)14-6-4-5-7-15(14)19(16)35-18(20(31)24(26,27)28)13-8-10-29-11-9-13/h4-7,12-13,18,29H,3,8-11H2,1-2H3,(H,30,32)(H,33,34). The number of benzene rings is 2. The van der Waals surface area contributed by atoms with Crippen LogP contribution in [0, 0.1) is 5.92 Å². The van der Waals surface area contributed by atoms with Crippen LogP contribution in [-0.4, -0.2) is 53.7 Å². The maximum absolute atomic E-state index is 13.5. The van der Waals surface area contributed by atoms with Gasteiger partial charge < -0.3 is 20.5 Å². The molecule has 2 aromatic carbocycles. The van der Waals surface area contributed by atoms with E-state index in [4.69, 9.17) is 16.3 Å². The molecule has 2 atom stereocenters. The van der Waals surface area contributed by atoms with Crippen LogP contribution in [0.2, 0.25) is 5.02 Å². The molecule has 7 nitrogen and oxygen atoms in total. The second-order valence-corrected chi connectivity index (χ2v) is 9.12. The molecule has 190 valence electrons. The van der Waals surface area contributed by atoms with Gasteiger partial charge in [-0.1, -0.05) is 42.8 Å². The van der Waals surface area contributed by atoms with Gasteiger partial charge in [-0.15, -0.1) is 0 Å². The second-order valence-electron chi connectivity index (χ2n) is 8.71. The fourth-order valence-electron chi connectivity index (χ4n) is 4.01. The number of Topliss-reactive ketones (excluding diaryl/α,β-unsaturated/α-hetero) is 1. The van der Waals surface area contributed by atoms with E-state index in [1.807, 2.05) is 0 Å². The van der Waals surface area contributed by atoms with Gasteiger partial charge in [0.15, 0.2) is 6.10 Å². The third-order valence-corrected chi connectivity index (χ3v) is 6.67. The van der Waals surface area contributed by atoms with Gasteiger partial charge in [0.05, 0.1) is 5.56 Å². The SMILES string of the molecule is CCC(C)(NC(=O)c1cc(Cl)c2ccccc2c1OC(C(=O)C(F)(F)F)C1CCNCC1)C(=O)O. The number of piperidine rings is 1.